The Kier molecular flexibility index (Phi) is 7.04. The molecular weight excluding hydrogens is 158 g/mol. The predicted octanol–water partition coefficient (Wildman–Crippen LogP) is 0.363. The second-order valence-corrected chi connectivity index (χ2v) is 2.97. The number of benzene rings is 1. The Morgan fingerprint density at radius 2 is 2.15 bits per heavy atom. The van der Waals surface area contributed by atoms with Crippen molar-refractivity contribution < 1.29 is 23.3 Å². The molecule has 0 bridgehead atoms. The van der Waals surface area contributed by atoms with Crippen LogP contribution in [0.1, 0.15) is 31.7 Å². The van der Waals surface area contributed by atoms with Crippen LogP contribution in [0.3, 0.4) is 0 Å². The van der Waals surface area contributed by atoms with Crippen molar-refractivity contribution in [1.29, 1.82) is 0 Å². The molecule has 0 radical (unpaired) electrons. The van der Waals surface area contributed by atoms with Crippen LogP contribution in [-0.4, -0.2) is 0 Å². The summed E-state index contributed by atoms with van der Waals surface area (Å²) in [5.74, 6) is -0.117. The number of hydrogen-bond donors (Lipinski definition) is 0. The van der Waals surface area contributed by atoms with Crippen LogP contribution in [0, 0.1) is 11.9 Å². The molecule has 13 heavy (non-hydrogen) atoms. The molecule has 0 saturated carbocycles. The van der Waals surface area contributed by atoms with E-state index in [9.17, 15) is 4.39 Å². The minimum atomic E-state index is -0.117. The second-order valence-electron chi connectivity index (χ2n) is 2.97. The summed E-state index contributed by atoms with van der Waals surface area (Å²) in [5.41, 5.74) is 0.821. The van der Waals surface area contributed by atoms with Crippen LogP contribution in [0.5, 0.6) is 0 Å². The third kappa shape index (κ3) is 4.50. The molecule has 0 unspecified atom stereocenters. The van der Waals surface area contributed by atoms with Gasteiger partial charge in [-0.15, -0.1) is 11.6 Å². The molecule has 66 valence electrons. The first-order valence-electron chi connectivity index (χ1n) is 4.49. The fourth-order valence-electron chi connectivity index (χ4n) is 1.21. The number of rotatable bonds is 4. The topological polar surface area (TPSA) is 0 Å². The minimum Gasteiger partial charge on any atom is -0.284 e. The van der Waals surface area contributed by atoms with Crippen molar-refractivity contribution in [2.24, 2.45) is 0 Å². The third-order valence-electron chi connectivity index (χ3n) is 1.95. The van der Waals surface area contributed by atoms with Gasteiger partial charge in [0.05, 0.1) is 0 Å². The van der Waals surface area contributed by atoms with Crippen molar-refractivity contribution in [3.63, 3.8) is 0 Å². The Labute approximate surface area is 91.7 Å². The number of aryl methyl sites for hydroxylation is 1. The van der Waals surface area contributed by atoms with E-state index in [0.29, 0.717) is 0 Å². The van der Waals surface area contributed by atoms with Crippen molar-refractivity contribution in [3.8, 4) is 0 Å². The van der Waals surface area contributed by atoms with Gasteiger partial charge in [-0.25, -0.2) is 0 Å². The van der Waals surface area contributed by atoms with Gasteiger partial charge in [0.1, 0.15) is 0 Å². The first-order chi connectivity index (χ1) is 5.84. The molecule has 0 aliphatic rings. The maximum absolute atomic E-state index is 13.0. The van der Waals surface area contributed by atoms with E-state index in [1.807, 2.05) is 6.07 Å². The van der Waals surface area contributed by atoms with E-state index in [0.717, 1.165) is 18.4 Å². The van der Waals surface area contributed by atoms with Gasteiger partial charge < -0.3 is 0 Å². The summed E-state index contributed by atoms with van der Waals surface area (Å²) in [4.78, 5) is 0. The van der Waals surface area contributed by atoms with Gasteiger partial charge in [-0.3, -0.25) is 4.39 Å². The first kappa shape index (κ1) is 12.7. The maximum Gasteiger partial charge on any atom is 1.00 e. The van der Waals surface area contributed by atoms with Gasteiger partial charge in [0.15, 0.2) is 0 Å². The largest absolute Gasteiger partial charge is 1.00 e. The Morgan fingerprint density at radius 3 is 2.77 bits per heavy atom. The normalized spacial score (nSPS) is 9.38. The summed E-state index contributed by atoms with van der Waals surface area (Å²) in [6.45, 7) is 2.15. The van der Waals surface area contributed by atoms with Crippen molar-refractivity contribution in [2.45, 2.75) is 32.6 Å². The van der Waals surface area contributed by atoms with Crippen LogP contribution < -0.4 is 18.9 Å². The van der Waals surface area contributed by atoms with Gasteiger partial charge in [0.2, 0.25) is 0 Å². The van der Waals surface area contributed by atoms with E-state index in [2.05, 4.69) is 13.0 Å². The molecule has 1 aromatic rings. The Morgan fingerprint density at radius 1 is 1.38 bits per heavy atom. The van der Waals surface area contributed by atoms with Crippen molar-refractivity contribution >= 4 is 0 Å². The summed E-state index contributed by atoms with van der Waals surface area (Å²) in [7, 11) is 0. The van der Waals surface area contributed by atoms with Gasteiger partial charge >= 0.3 is 18.9 Å². The van der Waals surface area contributed by atoms with E-state index in [4.69, 9.17) is 0 Å². The molecule has 0 amide bonds. The number of halogens is 1. The van der Waals surface area contributed by atoms with Crippen molar-refractivity contribution in [1.82, 2.24) is 0 Å². The van der Waals surface area contributed by atoms with Crippen molar-refractivity contribution in [3.05, 3.63) is 35.6 Å². The maximum atomic E-state index is 13.0. The molecule has 0 N–H and O–H groups in total. The number of hydrogen-bond acceptors (Lipinski definition) is 0. The van der Waals surface area contributed by atoms with Gasteiger partial charge in [0, 0.05) is 5.82 Å². The van der Waals surface area contributed by atoms with E-state index in [1.54, 1.807) is 6.07 Å². The van der Waals surface area contributed by atoms with Gasteiger partial charge in [-0.1, -0.05) is 26.2 Å². The number of unbranched alkanes of at least 4 members (excludes halogenated alkanes) is 2. The van der Waals surface area contributed by atoms with Gasteiger partial charge in [-0.05, 0) is 6.42 Å². The molecule has 1 rings (SSSR count). The Balaban J connectivity index is 0.00000144. The molecule has 0 spiro atoms. The van der Waals surface area contributed by atoms with E-state index >= 15 is 0 Å². The molecule has 0 aliphatic heterocycles. The summed E-state index contributed by atoms with van der Waals surface area (Å²) in [6.07, 6.45) is 4.30. The SMILES string of the molecule is CCCCCc1cc[c-]cc1F.[Li+]. The van der Waals surface area contributed by atoms with Crippen LogP contribution >= 0.6 is 0 Å². The second kappa shape index (κ2) is 7.18. The Bertz CT molecular complexity index is 235. The molecular formula is C11H14FLi. The van der Waals surface area contributed by atoms with Crippen LogP contribution in [-0.2, 0) is 6.42 Å². The molecule has 2 heteroatoms. The smallest absolute Gasteiger partial charge is 0.284 e. The molecule has 0 fully saturated rings. The summed E-state index contributed by atoms with van der Waals surface area (Å²) < 4.78 is 13.0. The molecule has 0 atom stereocenters. The van der Waals surface area contributed by atoms with Gasteiger partial charge in [-0.2, -0.15) is 18.2 Å². The fraction of sp³-hybridized carbons (Fsp3) is 0.455. The molecule has 0 aromatic heterocycles. The molecule has 0 aliphatic carbocycles. The van der Waals surface area contributed by atoms with Crippen LogP contribution in [0.15, 0.2) is 18.2 Å². The van der Waals surface area contributed by atoms with Crippen molar-refractivity contribution in [2.75, 3.05) is 0 Å². The van der Waals surface area contributed by atoms with E-state index in [-0.39, 0.29) is 24.7 Å². The molecule has 0 heterocycles. The first-order valence-corrected chi connectivity index (χ1v) is 4.49. The van der Waals surface area contributed by atoms with E-state index < -0.39 is 0 Å². The molecule has 1 aromatic carbocycles. The van der Waals surface area contributed by atoms with Gasteiger partial charge in [0.25, 0.3) is 0 Å². The van der Waals surface area contributed by atoms with Crippen LogP contribution in [0.4, 0.5) is 4.39 Å². The fourth-order valence-corrected chi connectivity index (χ4v) is 1.21. The third-order valence-corrected chi connectivity index (χ3v) is 1.95. The monoisotopic (exact) mass is 172 g/mol. The van der Waals surface area contributed by atoms with Crippen LogP contribution in [0.25, 0.3) is 0 Å². The average Bonchev–Trinajstić information content (AvgIpc) is 2.09. The van der Waals surface area contributed by atoms with Crippen LogP contribution in [0.2, 0.25) is 0 Å². The zero-order valence-electron chi connectivity index (χ0n) is 8.44. The summed E-state index contributed by atoms with van der Waals surface area (Å²) in [6, 6.07) is 7.70. The zero-order valence-corrected chi connectivity index (χ0v) is 8.44. The Hall–Kier alpha value is -0.253. The minimum absolute atomic E-state index is 0. The zero-order chi connectivity index (χ0) is 8.81. The average molecular weight is 172 g/mol. The quantitative estimate of drug-likeness (QED) is 0.349. The molecule has 0 nitrogen and oxygen atoms in total. The summed E-state index contributed by atoms with van der Waals surface area (Å²) in [5, 5.41) is 0. The molecule has 0 saturated heterocycles. The van der Waals surface area contributed by atoms with E-state index in [1.165, 1.54) is 18.9 Å². The summed E-state index contributed by atoms with van der Waals surface area (Å²) >= 11 is 0. The standard InChI is InChI=1S/C11H14F.Li/c1-2-3-4-7-10-8-5-6-9-11(10)12;/h5,8-9H,2-4,7H2,1H3;/q-1;+1. The predicted molar refractivity (Wildman–Crippen MR) is 48.5 cm³/mol.